The van der Waals surface area contributed by atoms with Gasteiger partial charge in [-0.1, -0.05) is 49.8 Å². The van der Waals surface area contributed by atoms with Gasteiger partial charge in [0, 0.05) is 18.2 Å². The van der Waals surface area contributed by atoms with E-state index in [0.717, 1.165) is 33.9 Å². The van der Waals surface area contributed by atoms with Crippen LogP contribution < -0.4 is 10.3 Å². The summed E-state index contributed by atoms with van der Waals surface area (Å²) in [5.74, 6) is -0.0374. The van der Waals surface area contributed by atoms with Crippen LogP contribution in [0.15, 0.2) is 36.4 Å². The van der Waals surface area contributed by atoms with Crippen LogP contribution in [0.4, 0.5) is 0 Å². The second-order valence-corrected chi connectivity index (χ2v) is 13.3. The fourth-order valence-corrected chi connectivity index (χ4v) is 6.44. The number of nitrogens with zero attached hydrogens (tertiary/aromatic N) is 1. The molecule has 136 valence electrons. The van der Waals surface area contributed by atoms with E-state index in [1.807, 2.05) is 24.3 Å². The number of amides is 1. The van der Waals surface area contributed by atoms with Crippen LogP contribution in [0.1, 0.15) is 23.3 Å². The highest BCUT2D eigenvalue weighted by molar-refractivity contribution is 7.21. The Hall–Kier alpha value is -1.96. The standard InChI is InChI=1S/C19H24N4OSSi/c1-26(2)10-6-9-14(12-20-26)21-18(24)15-11-16-17(22-15)23-19(25-16)13-7-4-3-5-8-13/h3-5,7-8,11,14,20,22H,6,9-10,12H2,1-2H3,(H,21,24). The minimum Gasteiger partial charge on any atom is -0.347 e. The molecule has 3 heterocycles. The summed E-state index contributed by atoms with van der Waals surface area (Å²) < 4.78 is 1.02. The normalized spacial score (nSPS) is 20.0. The molecule has 1 aliphatic heterocycles. The molecule has 1 amide bonds. The summed E-state index contributed by atoms with van der Waals surface area (Å²) in [5.41, 5.74) is 2.48. The van der Waals surface area contributed by atoms with Gasteiger partial charge in [0.15, 0.2) is 0 Å². The zero-order chi connectivity index (χ0) is 18.1. The van der Waals surface area contributed by atoms with Crippen LogP contribution in [0.25, 0.3) is 20.9 Å². The van der Waals surface area contributed by atoms with Crippen molar-refractivity contribution in [2.45, 2.75) is 38.0 Å². The Morgan fingerprint density at radius 2 is 2.12 bits per heavy atom. The Morgan fingerprint density at radius 3 is 2.88 bits per heavy atom. The maximum absolute atomic E-state index is 12.6. The number of benzene rings is 1. The molecule has 3 N–H and O–H groups in total. The van der Waals surface area contributed by atoms with Gasteiger partial charge < -0.3 is 15.3 Å². The van der Waals surface area contributed by atoms with Crippen LogP contribution in [0, 0.1) is 0 Å². The fraction of sp³-hybridized carbons (Fsp3) is 0.368. The van der Waals surface area contributed by atoms with E-state index in [4.69, 9.17) is 0 Å². The van der Waals surface area contributed by atoms with Gasteiger partial charge in [-0.3, -0.25) is 4.79 Å². The second-order valence-electron chi connectivity index (χ2n) is 7.61. The molecule has 1 aliphatic rings. The molecule has 0 saturated carbocycles. The number of fused-ring (bicyclic) bond motifs is 1. The van der Waals surface area contributed by atoms with E-state index >= 15 is 0 Å². The van der Waals surface area contributed by atoms with Crippen molar-refractivity contribution in [3.63, 3.8) is 0 Å². The van der Waals surface area contributed by atoms with Crippen molar-refractivity contribution in [1.82, 2.24) is 20.3 Å². The number of carbonyl (C=O) groups excluding carboxylic acids is 1. The van der Waals surface area contributed by atoms with Gasteiger partial charge in [-0.15, -0.1) is 11.3 Å². The average molecular weight is 385 g/mol. The zero-order valence-corrected chi connectivity index (χ0v) is 17.0. The van der Waals surface area contributed by atoms with Gasteiger partial charge >= 0.3 is 0 Å². The van der Waals surface area contributed by atoms with Crippen LogP contribution in [-0.2, 0) is 0 Å². The first-order valence-corrected chi connectivity index (χ1v) is 13.1. The summed E-state index contributed by atoms with van der Waals surface area (Å²) in [7, 11) is -1.28. The van der Waals surface area contributed by atoms with Crippen LogP contribution in [-0.4, -0.2) is 36.7 Å². The molecule has 26 heavy (non-hydrogen) atoms. The van der Waals surface area contributed by atoms with Crippen molar-refractivity contribution in [3.05, 3.63) is 42.1 Å². The molecular formula is C19H24N4OSSi. The number of thiazole rings is 1. The lowest BCUT2D eigenvalue weighted by Crippen LogP contribution is -2.49. The minimum atomic E-state index is -1.28. The third kappa shape index (κ3) is 3.74. The number of hydrogen-bond acceptors (Lipinski definition) is 4. The largest absolute Gasteiger partial charge is 0.347 e. The molecular weight excluding hydrogens is 360 g/mol. The monoisotopic (exact) mass is 384 g/mol. The van der Waals surface area contributed by atoms with Crippen molar-refractivity contribution in [1.29, 1.82) is 0 Å². The van der Waals surface area contributed by atoms with E-state index in [2.05, 4.69) is 45.5 Å². The van der Waals surface area contributed by atoms with Crippen LogP contribution in [0.5, 0.6) is 0 Å². The van der Waals surface area contributed by atoms with Crippen molar-refractivity contribution in [2.24, 2.45) is 0 Å². The highest BCUT2D eigenvalue weighted by Gasteiger charge is 2.27. The smallest absolute Gasteiger partial charge is 0.268 e. The summed E-state index contributed by atoms with van der Waals surface area (Å²) in [6.45, 7) is 5.58. The lowest BCUT2D eigenvalue weighted by molar-refractivity contribution is 0.0931. The molecule has 0 radical (unpaired) electrons. The molecule has 2 aromatic heterocycles. The summed E-state index contributed by atoms with van der Waals surface area (Å²) in [5, 5.41) is 4.15. The Labute approximate surface area is 158 Å². The Bertz CT molecular complexity index is 887. The van der Waals surface area contributed by atoms with E-state index in [-0.39, 0.29) is 11.9 Å². The van der Waals surface area contributed by atoms with Gasteiger partial charge in [-0.2, -0.15) is 0 Å². The molecule has 1 aromatic carbocycles. The number of rotatable bonds is 3. The Morgan fingerprint density at radius 1 is 1.31 bits per heavy atom. The first kappa shape index (κ1) is 17.5. The summed E-state index contributed by atoms with van der Waals surface area (Å²) in [6, 6.07) is 13.5. The van der Waals surface area contributed by atoms with Gasteiger partial charge in [-0.25, -0.2) is 4.98 Å². The van der Waals surface area contributed by atoms with E-state index < -0.39 is 8.24 Å². The van der Waals surface area contributed by atoms with Gasteiger partial charge in [-0.05, 0) is 18.5 Å². The maximum Gasteiger partial charge on any atom is 0.268 e. The van der Waals surface area contributed by atoms with Gasteiger partial charge in [0.25, 0.3) is 5.91 Å². The molecule has 1 atom stereocenters. The van der Waals surface area contributed by atoms with Crippen molar-refractivity contribution in [3.8, 4) is 10.6 Å². The molecule has 1 unspecified atom stereocenters. The van der Waals surface area contributed by atoms with E-state index in [1.165, 1.54) is 12.5 Å². The van der Waals surface area contributed by atoms with E-state index in [0.29, 0.717) is 5.69 Å². The SMILES string of the molecule is C[Si]1(C)CCCC(NC(=O)c2cc3sc(-c4ccccc4)nc3[nH]2)CN1. The molecule has 0 bridgehead atoms. The highest BCUT2D eigenvalue weighted by atomic mass is 32.1. The van der Waals surface area contributed by atoms with Gasteiger partial charge in [0.2, 0.25) is 0 Å². The molecule has 0 aliphatic carbocycles. The number of nitrogens with one attached hydrogen (secondary N) is 3. The Kier molecular flexibility index (Phi) is 4.68. The highest BCUT2D eigenvalue weighted by Crippen LogP contribution is 2.30. The predicted molar refractivity (Wildman–Crippen MR) is 110 cm³/mol. The molecule has 5 nitrogen and oxygen atoms in total. The van der Waals surface area contributed by atoms with Gasteiger partial charge in [0.05, 0.1) is 4.70 Å². The number of aromatic amines is 1. The quantitative estimate of drug-likeness (QED) is 0.598. The summed E-state index contributed by atoms with van der Waals surface area (Å²) in [6.07, 6.45) is 2.22. The number of H-pyrrole nitrogens is 1. The van der Waals surface area contributed by atoms with Crippen molar-refractivity contribution >= 4 is 35.8 Å². The molecule has 0 spiro atoms. The summed E-state index contributed by atoms with van der Waals surface area (Å²) in [4.78, 5) is 24.1. The molecule has 4 rings (SSSR count). The third-order valence-electron chi connectivity index (χ3n) is 4.96. The zero-order valence-electron chi connectivity index (χ0n) is 15.1. The fourth-order valence-electron chi connectivity index (χ4n) is 3.41. The molecule has 1 saturated heterocycles. The number of aromatic nitrogens is 2. The molecule has 3 aromatic rings. The molecule has 7 heteroatoms. The van der Waals surface area contributed by atoms with E-state index in [9.17, 15) is 4.79 Å². The lowest BCUT2D eigenvalue weighted by Gasteiger charge is -2.22. The topological polar surface area (TPSA) is 69.8 Å². The van der Waals surface area contributed by atoms with Gasteiger partial charge in [0.1, 0.15) is 24.6 Å². The summed E-state index contributed by atoms with van der Waals surface area (Å²) >= 11 is 1.61. The van der Waals surface area contributed by atoms with Crippen LogP contribution in [0.2, 0.25) is 19.1 Å². The predicted octanol–water partition coefficient (Wildman–Crippen LogP) is 3.98. The molecule has 1 fully saturated rings. The van der Waals surface area contributed by atoms with Crippen LogP contribution >= 0.6 is 11.3 Å². The van der Waals surface area contributed by atoms with Crippen molar-refractivity contribution < 1.29 is 4.79 Å². The third-order valence-corrected chi connectivity index (χ3v) is 8.78. The maximum atomic E-state index is 12.6. The number of carbonyl (C=O) groups is 1. The lowest BCUT2D eigenvalue weighted by atomic mass is 10.1. The van der Waals surface area contributed by atoms with E-state index in [1.54, 1.807) is 11.3 Å². The Balaban J connectivity index is 1.47. The number of hydrogen-bond donors (Lipinski definition) is 3. The average Bonchev–Trinajstić information content (AvgIpc) is 3.14. The first-order chi connectivity index (χ1) is 12.5. The van der Waals surface area contributed by atoms with Crippen LogP contribution in [0.3, 0.4) is 0 Å². The minimum absolute atomic E-state index is 0.0374. The first-order valence-electron chi connectivity index (χ1n) is 9.11. The van der Waals surface area contributed by atoms with Crippen molar-refractivity contribution in [2.75, 3.05) is 6.54 Å². The second kappa shape index (κ2) is 6.98.